The van der Waals surface area contributed by atoms with E-state index in [9.17, 15) is 4.79 Å². The minimum Gasteiger partial charge on any atom is -0.486 e. The van der Waals surface area contributed by atoms with E-state index in [1.807, 2.05) is 0 Å². The lowest BCUT2D eigenvalue weighted by Crippen LogP contribution is -2.44. The number of carbonyl (C=O) groups excluding carboxylic acids is 1. The van der Waals surface area contributed by atoms with Crippen LogP contribution in [0.2, 0.25) is 0 Å². The molecule has 21 heavy (non-hydrogen) atoms. The minimum absolute atomic E-state index is 0.0631. The van der Waals surface area contributed by atoms with Gasteiger partial charge in [0, 0.05) is 18.2 Å². The Morgan fingerprint density at radius 3 is 2.67 bits per heavy atom. The topological polar surface area (TPSA) is 73.6 Å². The highest BCUT2D eigenvalue weighted by molar-refractivity contribution is 5.95. The van der Waals surface area contributed by atoms with Crippen molar-refractivity contribution < 1.29 is 14.3 Å². The van der Waals surface area contributed by atoms with Gasteiger partial charge in [0.25, 0.3) is 5.91 Å². The van der Waals surface area contributed by atoms with E-state index in [-0.39, 0.29) is 11.9 Å². The maximum absolute atomic E-state index is 12.4. The van der Waals surface area contributed by atoms with Crippen LogP contribution in [0.25, 0.3) is 0 Å². The van der Waals surface area contributed by atoms with Crippen molar-refractivity contribution in [1.82, 2.24) is 5.32 Å². The fourth-order valence-corrected chi connectivity index (χ4v) is 3.17. The van der Waals surface area contributed by atoms with E-state index in [1.54, 1.807) is 18.2 Å². The van der Waals surface area contributed by atoms with Crippen molar-refractivity contribution in [2.45, 2.75) is 31.7 Å². The summed E-state index contributed by atoms with van der Waals surface area (Å²) in [5, 5.41) is 3.07. The standard InChI is InChI=1S/C16H22N2O3/c17-10-13(11-3-1-2-4-11)18-16(19)12-5-6-14-15(9-12)21-8-7-20-14/h5-6,9,11,13H,1-4,7-8,10,17H2,(H,18,19). The van der Waals surface area contributed by atoms with Gasteiger partial charge in [-0.25, -0.2) is 0 Å². The monoisotopic (exact) mass is 290 g/mol. The molecule has 1 fully saturated rings. The second-order valence-electron chi connectivity index (χ2n) is 5.72. The van der Waals surface area contributed by atoms with Gasteiger partial charge >= 0.3 is 0 Å². The van der Waals surface area contributed by atoms with E-state index in [4.69, 9.17) is 15.2 Å². The number of benzene rings is 1. The Morgan fingerprint density at radius 2 is 1.95 bits per heavy atom. The molecule has 114 valence electrons. The van der Waals surface area contributed by atoms with Crippen molar-refractivity contribution >= 4 is 5.91 Å². The number of amides is 1. The van der Waals surface area contributed by atoms with Gasteiger partial charge in [-0.05, 0) is 37.0 Å². The first kappa shape index (κ1) is 14.2. The van der Waals surface area contributed by atoms with E-state index < -0.39 is 0 Å². The summed E-state index contributed by atoms with van der Waals surface area (Å²) >= 11 is 0. The van der Waals surface area contributed by atoms with Crippen LogP contribution < -0.4 is 20.5 Å². The third kappa shape index (κ3) is 3.13. The van der Waals surface area contributed by atoms with Crippen LogP contribution in [0.1, 0.15) is 36.0 Å². The number of nitrogens with one attached hydrogen (secondary N) is 1. The maximum atomic E-state index is 12.4. The van der Waals surface area contributed by atoms with Crippen molar-refractivity contribution in [2.24, 2.45) is 11.7 Å². The second-order valence-corrected chi connectivity index (χ2v) is 5.72. The first-order valence-electron chi connectivity index (χ1n) is 7.68. The summed E-state index contributed by atoms with van der Waals surface area (Å²) in [5.74, 6) is 1.76. The van der Waals surface area contributed by atoms with Gasteiger partial charge in [-0.15, -0.1) is 0 Å². The summed E-state index contributed by atoms with van der Waals surface area (Å²) < 4.78 is 11.0. The summed E-state index contributed by atoms with van der Waals surface area (Å²) in [6.07, 6.45) is 4.79. The third-order valence-electron chi connectivity index (χ3n) is 4.34. The van der Waals surface area contributed by atoms with Crippen molar-refractivity contribution in [3.8, 4) is 11.5 Å². The van der Waals surface area contributed by atoms with Gasteiger partial charge in [-0.3, -0.25) is 4.79 Å². The summed E-state index contributed by atoms with van der Waals surface area (Å²) in [5.41, 5.74) is 6.42. The second kappa shape index (κ2) is 6.35. The van der Waals surface area contributed by atoms with Crippen molar-refractivity contribution in [1.29, 1.82) is 0 Å². The number of nitrogens with two attached hydrogens (primary N) is 1. The van der Waals surface area contributed by atoms with Crippen LogP contribution in [-0.4, -0.2) is 31.7 Å². The molecule has 0 spiro atoms. The van der Waals surface area contributed by atoms with Crippen molar-refractivity contribution in [2.75, 3.05) is 19.8 Å². The lowest BCUT2D eigenvalue weighted by molar-refractivity contribution is 0.0923. The summed E-state index contributed by atoms with van der Waals surface area (Å²) in [4.78, 5) is 12.4. The lowest BCUT2D eigenvalue weighted by Gasteiger charge is -2.24. The molecule has 3 N–H and O–H groups in total. The number of fused-ring (bicyclic) bond motifs is 1. The van der Waals surface area contributed by atoms with Gasteiger partial charge in [0.2, 0.25) is 0 Å². The molecule has 1 heterocycles. The highest BCUT2D eigenvalue weighted by atomic mass is 16.6. The van der Waals surface area contributed by atoms with E-state index in [2.05, 4.69) is 5.32 Å². The van der Waals surface area contributed by atoms with Gasteiger partial charge in [-0.2, -0.15) is 0 Å². The predicted octanol–water partition coefficient (Wildman–Crippen LogP) is 1.71. The lowest BCUT2D eigenvalue weighted by atomic mass is 9.98. The Hall–Kier alpha value is -1.75. The molecule has 0 bridgehead atoms. The highest BCUT2D eigenvalue weighted by Crippen LogP contribution is 2.31. The predicted molar refractivity (Wildman–Crippen MR) is 79.7 cm³/mol. The molecule has 1 unspecified atom stereocenters. The third-order valence-corrected chi connectivity index (χ3v) is 4.34. The normalized spacial score (nSPS) is 19.3. The Balaban J connectivity index is 1.69. The number of hydrogen-bond acceptors (Lipinski definition) is 4. The molecule has 3 rings (SSSR count). The van der Waals surface area contributed by atoms with Crippen LogP contribution in [0, 0.1) is 5.92 Å². The first-order chi connectivity index (χ1) is 10.3. The van der Waals surface area contributed by atoms with Gasteiger partial charge < -0.3 is 20.5 Å². The van der Waals surface area contributed by atoms with E-state index >= 15 is 0 Å². The van der Waals surface area contributed by atoms with Crippen LogP contribution in [0.4, 0.5) is 0 Å². The zero-order valence-corrected chi connectivity index (χ0v) is 12.1. The molecule has 1 aliphatic carbocycles. The number of hydrogen-bond donors (Lipinski definition) is 2. The quantitative estimate of drug-likeness (QED) is 0.885. The molecule has 1 aliphatic heterocycles. The van der Waals surface area contributed by atoms with Crippen LogP contribution in [-0.2, 0) is 0 Å². The molecule has 0 radical (unpaired) electrons. The Kier molecular flexibility index (Phi) is 4.29. The van der Waals surface area contributed by atoms with Gasteiger partial charge in [0.15, 0.2) is 11.5 Å². The fourth-order valence-electron chi connectivity index (χ4n) is 3.17. The van der Waals surface area contributed by atoms with Gasteiger partial charge in [0.1, 0.15) is 13.2 Å². The molecule has 1 aromatic rings. The average molecular weight is 290 g/mol. The zero-order chi connectivity index (χ0) is 14.7. The number of rotatable bonds is 4. The molecule has 1 saturated carbocycles. The summed E-state index contributed by atoms with van der Waals surface area (Å²) in [6, 6.07) is 5.36. The molecule has 1 amide bonds. The first-order valence-corrected chi connectivity index (χ1v) is 7.68. The summed E-state index contributed by atoms with van der Waals surface area (Å²) in [6.45, 7) is 1.56. The van der Waals surface area contributed by atoms with E-state index in [0.29, 0.717) is 42.7 Å². The molecule has 2 aliphatic rings. The van der Waals surface area contributed by atoms with Gasteiger partial charge in [-0.1, -0.05) is 12.8 Å². The molecule has 1 aromatic carbocycles. The largest absolute Gasteiger partial charge is 0.486 e. The number of carbonyl (C=O) groups is 1. The van der Waals surface area contributed by atoms with Crippen LogP contribution in [0.5, 0.6) is 11.5 Å². The molecular formula is C16H22N2O3. The van der Waals surface area contributed by atoms with Crippen molar-refractivity contribution in [3.63, 3.8) is 0 Å². The van der Waals surface area contributed by atoms with Crippen LogP contribution >= 0.6 is 0 Å². The molecule has 5 heteroatoms. The SMILES string of the molecule is NCC(NC(=O)c1ccc2c(c1)OCCO2)C1CCCC1. The van der Waals surface area contributed by atoms with E-state index in [1.165, 1.54) is 12.8 Å². The Labute approximate surface area is 124 Å². The molecular weight excluding hydrogens is 268 g/mol. The molecule has 0 saturated heterocycles. The van der Waals surface area contributed by atoms with Crippen LogP contribution in [0.3, 0.4) is 0 Å². The summed E-state index contributed by atoms with van der Waals surface area (Å²) in [7, 11) is 0. The Morgan fingerprint density at radius 1 is 1.24 bits per heavy atom. The molecule has 5 nitrogen and oxygen atoms in total. The smallest absolute Gasteiger partial charge is 0.251 e. The van der Waals surface area contributed by atoms with Crippen LogP contribution in [0.15, 0.2) is 18.2 Å². The van der Waals surface area contributed by atoms with E-state index in [0.717, 1.165) is 12.8 Å². The average Bonchev–Trinajstić information content (AvgIpc) is 3.06. The Bertz CT molecular complexity index is 512. The number of ether oxygens (including phenoxy) is 2. The minimum atomic E-state index is -0.0886. The molecule has 0 aromatic heterocycles. The highest BCUT2D eigenvalue weighted by Gasteiger charge is 2.26. The van der Waals surface area contributed by atoms with Gasteiger partial charge in [0.05, 0.1) is 0 Å². The maximum Gasteiger partial charge on any atom is 0.251 e. The molecule has 1 atom stereocenters. The zero-order valence-electron chi connectivity index (χ0n) is 12.1. The van der Waals surface area contributed by atoms with Crippen molar-refractivity contribution in [3.05, 3.63) is 23.8 Å². The fraction of sp³-hybridized carbons (Fsp3) is 0.562.